The number of ether oxygens (including phenoxy) is 1. The highest BCUT2D eigenvalue weighted by molar-refractivity contribution is 8.01. The lowest BCUT2D eigenvalue weighted by Gasteiger charge is -2.26. The molecule has 0 saturated carbocycles. The molecule has 0 bridgehead atoms. The zero-order valence-electron chi connectivity index (χ0n) is 18.9. The van der Waals surface area contributed by atoms with Gasteiger partial charge in [0.15, 0.2) is 8.68 Å². The number of sulfonamides is 1. The largest absolute Gasteiger partial charge is 0.379 e. The molecule has 4 rings (SSSR count). The van der Waals surface area contributed by atoms with E-state index in [4.69, 9.17) is 4.74 Å². The quantitative estimate of drug-likeness (QED) is 0.265. The van der Waals surface area contributed by atoms with Gasteiger partial charge in [0.05, 0.1) is 23.9 Å². The third kappa shape index (κ3) is 6.99. The first-order valence-electron chi connectivity index (χ1n) is 10.6. The Morgan fingerprint density at radius 2 is 1.58 bits per heavy atom. The van der Waals surface area contributed by atoms with Crippen LogP contribution < -0.4 is 10.6 Å². The normalized spacial score (nSPS) is 14.5. The van der Waals surface area contributed by atoms with Gasteiger partial charge >= 0.3 is 0 Å². The number of hydrogen-bond donors (Lipinski definition) is 2. The Morgan fingerprint density at radius 1 is 0.972 bits per heavy atom. The zero-order valence-corrected chi connectivity index (χ0v) is 23.0. The van der Waals surface area contributed by atoms with Gasteiger partial charge < -0.3 is 4.74 Å². The highest BCUT2D eigenvalue weighted by atomic mass is 32.2. The third-order valence-electron chi connectivity index (χ3n) is 4.60. The Kier molecular flexibility index (Phi) is 9.26. The van der Waals surface area contributed by atoms with Gasteiger partial charge in [-0.1, -0.05) is 53.1 Å². The molecule has 1 aliphatic heterocycles. The zero-order chi connectivity index (χ0) is 25.5. The molecule has 0 aliphatic carbocycles. The minimum atomic E-state index is -3.64. The second-order valence-electron chi connectivity index (χ2n) is 7.01. The Hall–Kier alpha value is -2.15. The summed E-state index contributed by atoms with van der Waals surface area (Å²) in [4.78, 5) is 24.8. The van der Waals surface area contributed by atoms with Crippen LogP contribution in [0.4, 0.5) is 10.3 Å². The fourth-order valence-corrected chi connectivity index (χ4v) is 7.55. The smallest absolute Gasteiger partial charge is 0.257 e. The van der Waals surface area contributed by atoms with Gasteiger partial charge in [0.2, 0.25) is 26.2 Å². The van der Waals surface area contributed by atoms with Crippen molar-refractivity contribution in [1.29, 1.82) is 0 Å². The molecule has 3 heterocycles. The summed E-state index contributed by atoms with van der Waals surface area (Å²) >= 11 is 5.17. The van der Waals surface area contributed by atoms with Crippen molar-refractivity contribution in [2.24, 2.45) is 0 Å². The number of nitrogens with one attached hydrogen (secondary N) is 2. The van der Waals surface area contributed by atoms with Crippen LogP contribution in [0.1, 0.15) is 17.3 Å². The van der Waals surface area contributed by atoms with Crippen LogP contribution in [0.25, 0.3) is 0 Å². The first kappa shape index (κ1) is 26.9. The van der Waals surface area contributed by atoms with Crippen molar-refractivity contribution >= 4 is 78.3 Å². The summed E-state index contributed by atoms with van der Waals surface area (Å²) < 4.78 is 33.3. The van der Waals surface area contributed by atoms with E-state index in [0.29, 0.717) is 35.8 Å². The number of carbonyl (C=O) groups is 2. The number of morpholine rings is 1. The minimum Gasteiger partial charge on any atom is -0.379 e. The lowest BCUT2D eigenvalue weighted by molar-refractivity contribution is -0.113. The highest BCUT2D eigenvalue weighted by Gasteiger charge is 2.26. The van der Waals surface area contributed by atoms with Crippen LogP contribution in [-0.2, 0) is 19.6 Å². The van der Waals surface area contributed by atoms with E-state index in [1.807, 2.05) is 6.92 Å². The maximum atomic E-state index is 12.7. The first-order chi connectivity index (χ1) is 17.3. The Balaban J connectivity index is 1.28. The fraction of sp³-hybridized carbons (Fsp3) is 0.368. The number of benzene rings is 1. The SMILES string of the molecule is CCSc1nnc(NC(=O)CSc2nnc(NC(=O)c3ccc(S(=O)(=O)N4CCOCC4)cc3)s2)s1. The molecule has 17 heteroatoms. The molecular formula is C19H21N7O5S5. The maximum absolute atomic E-state index is 12.7. The van der Waals surface area contributed by atoms with Gasteiger partial charge in [-0.2, -0.15) is 4.31 Å². The van der Waals surface area contributed by atoms with E-state index >= 15 is 0 Å². The van der Waals surface area contributed by atoms with Crippen LogP contribution in [0.5, 0.6) is 0 Å². The van der Waals surface area contributed by atoms with Crippen LogP contribution in [0.2, 0.25) is 0 Å². The molecule has 1 saturated heterocycles. The molecule has 1 aliphatic rings. The van der Waals surface area contributed by atoms with Crippen LogP contribution >= 0.6 is 46.2 Å². The van der Waals surface area contributed by atoms with Gasteiger partial charge in [-0.25, -0.2) is 8.42 Å². The molecule has 12 nitrogen and oxygen atoms in total. The number of nitrogens with zero attached hydrogens (tertiary/aromatic N) is 5. The Labute approximate surface area is 223 Å². The molecule has 0 radical (unpaired) electrons. The molecule has 36 heavy (non-hydrogen) atoms. The number of amides is 2. The molecule has 1 aromatic carbocycles. The van der Waals surface area contributed by atoms with E-state index in [2.05, 4.69) is 31.0 Å². The number of rotatable bonds is 10. The molecule has 0 spiro atoms. The van der Waals surface area contributed by atoms with E-state index in [1.54, 1.807) is 11.8 Å². The minimum absolute atomic E-state index is 0.0947. The highest BCUT2D eigenvalue weighted by Crippen LogP contribution is 2.28. The molecule has 0 atom stereocenters. The van der Waals surface area contributed by atoms with Gasteiger partial charge in [-0.15, -0.1) is 20.4 Å². The number of aromatic nitrogens is 4. The topological polar surface area (TPSA) is 156 Å². The standard InChI is InChI=1S/C19H21N7O5S5/c1-2-32-18-24-22-16(34-18)20-14(27)11-33-19-25-23-17(35-19)21-15(28)12-3-5-13(6-4-12)36(29,30)26-7-9-31-10-8-26/h3-6H,2,7-11H2,1H3,(H,20,22,27)(H,21,23,28). The van der Waals surface area contributed by atoms with Crippen molar-refractivity contribution < 1.29 is 22.7 Å². The summed E-state index contributed by atoms with van der Waals surface area (Å²) in [5.41, 5.74) is 0.275. The van der Waals surface area contributed by atoms with E-state index < -0.39 is 15.9 Å². The monoisotopic (exact) mass is 587 g/mol. The third-order valence-corrected chi connectivity index (χ3v) is 10.3. The molecular weight excluding hydrogens is 567 g/mol. The molecule has 2 amide bonds. The van der Waals surface area contributed by atoms with E-state index in [-0.39, 0.29) is 27.3 Å². The fourth-order valence-electron chi connectivity index (χ4n) is 2.93. The Bertz CT molecular complexity index is 1310. The average Bonchev–Trinajstić information content (AvgIpc) is 3.52. The lowest BCUT2D eigenvalue weighted by Crippen LogP contribution is -2.40. The predicted molar refractivity (Wildman–Crippen MR) is 140 cm³/mol. The van der Waals surface area contributed by atoms with Crippen molar-refractivity contribution in [2.45, 2.75) is 20.5 Å². The summed E-state index contributed by atoms with van der Waals surface area (Å²) in [5.74, 6) is 0.262. The van der Waals surface area contributed by atoms with Gasteiger partial charge in [0, 0.05) is 18.7 Å². The maximum Gasteiger partial charge on any atom is 0.257 e. The number of carbonyl (C=O) groups excluding carboxylic acids is 2. The molecule has 192 valence electrons. The number of hydrogen-bond acceptors (Lipinski definition) is 13. The van der Waals surface area contributed by atoms with Crippen LogP contribution in [0.3, 0.4) is 0 Å². The number of thioether (sulfide) groups is 2. The number of anilines is 2. The first-order valence-corrected chi connectivity index (χ1v) is 15.6. The molecule has 0 unspecified atom stereocenters. The van der Waals surface area contributed by atoms with Crippen molar-refractivity contribution in [3.05, 3.63) is 29.8 Å². The average molecular weight is 588 g/mol. The molecule has 3 aromatic rings. The lowest BCUT2D eigenvalue weighted by atomic mass is 10.2. The van der Waals surface area contributed by atoms with E-state index in [0.717, 1.165) is 21.4 Å². The summed E-state index contributed by atoms with van der Waals surface area (Å²) in [6.45, 7) is 3.31. The van der Waals surface area contributed by atoms with E-state index in [1.165, 1.54) is 51.7 Å². The molecule has 1 fully saturated rings. The van der Waals surface area contributed by atoms with Crippen molar-refractivity contribution in [3.63, 3.8) is 0 Å². The van der Waals surface area contributed by atoms with Crippen LogP contribution in [0, 0.1) is 0 Å². The molecule has 2 N–H and O–H groups in total. The van der Waals surface area contributed by atoms with Crippen molar-refractivity contribution in [1.82, 2.24) is 24.7 Å². The van der Waals surface area contributed by atoms with Crippen LogP contribution in [0.15, 0.2) is 37.8 Å². The van der Waals surface area contributed by atoms with Gasteiger partial charge in [0.25, 0.3) is 5.91 Å². The van der Waals surface area contributed by atoms with Crippen molar-refractivity contribution in [2.75, 3.05) is 48.4 Å². The Morgan fingerprint density at radius 3 is 2.22 bits per heavy atom. The summed E-state index contributed by atoms with van der Waals surface area (Å²) in [7, 11) is -3.64. The van der Waals surface area contributed by atoms with E-state index in [9.17, 15) is 18.0 Å². The summed E-state index contributed by atoms with van der Waals surface area (Å²) in [6.07, 6.45) is 0. The van der Waals surface area contributed by atoms with Gasteiger partial charge in [-0.05, 0) is 30.0 Å². The summed E-state index contributed by atoms with van der Waals surface area (Å²) in [6, 6.07) is 5.70. The van der Waals surface area contributed by atoms with Crippen LogP contribution in [-0.4, -0.2) is 82.7 Å². The van der Waals surface area contributed by atoms with Crippen molar-refractivity contribution in [3.8, 4) is 0 Å². The van der Waals surface area contributed by atoms with Gasteiger partial charge in [0.1, 0.15) is 0 Å². The second kappa shape index (κ2) is 12.4. The van der Waals surface area contributed by atoms with Gasteiger partial charge in [-0.3, -0.25) is 20.2 Å². The summed E-state index contributed by atoms with van der Waals surface area (Å²) in [5, 5.41) is 21.9. The second-order valence-corrected chi connectivity index (χ2v) is 13.6. The predicted octanol–water partition coefficient (Wildman–Crippen LogP) is 2.51. The molecule has 2 aromatic heterocycles.